The summed E-state index contributed by atoms with van der Waals surface area (Å²) in [5.74, 6) is 0.925. The van der Waals surface area contributed by atoms with Gasteiger partial charge in [-0.15, -0.1) is 35.3 Å². The average molecular weight is 500 g/mol. The molecule has 2 N–H and O–H groups in total. The van der Waals surface area contributed by atoms with E-state index in [1.807, 2.05) is 0 Å². The van der Waals surface area contributed by atoms with Crippen LogP contribution in [0.3, 0.4) is 0 Å². The topological polar surface area (TPSA) is 45.7 Å². The fourth-order valence-corrected chi connectivity index (χ4v) is 4.52. The molecule has 2 bridgehead atoms. The highest BCUT2D eigenvalue weighted by Gasteiger charge is 2.41. The van der Waals surface area contributed by atoms with E-state index in [-0.39, 0.29) is 24.0 Å². The van der Waals surface area contributed by atoms with E-state index in [1.165, 1.54) is 21.5 Å². The highest BCUT2D eigenvalue weighted by molar-refractivity contribution is 14.0. The van der Waals surface area contributed by atoms with Gasteiger partial charge in [0.25, 0.3) is 0 Å². The van der Waals surface area contributed by atoms with Crippen LogP contribution in [0.2, 0.25) is 0 Å². The standard InChI is InChI=1S/C15H22BrN3OS.HI/c1-2-17-15(18-8-7-11-4-6-14(16)21-11)19-12-9-10-3-5-13(12)20-10;/h4,6,10,12-13H,2-3,5,7-9H2,1H3,(H2,17,18,19);1H. The summed E-state index contributed by atoms with van der Waals surface area (Å²) in [6.07, 6.45) is 5.37. The molecule has 124 valence electrons. The van der Waals surface area contributed by atoms with Crippen LogP contribution in [0, 0.1) is 0 Å². The summed E-state index contributed by atoms with van der Waals surface area (Å²) in [6.45, 7) is 3.80. The van der Waals surface area contributed by atoms with E-state index < -0.39 is 0 Å². The first-order chi connectivity index (χ1) is 10.2. The first kappa shape index (κ1) is 18.5. The quantitative estimate of drug-likeness (QED) is 0.370. The molecule has 0 radical (unpaired) electrons. The summed E-state index contributed by atoms with van der Waals surface area (Å²) in [5, 5.41) is 6.89. The fourth-order valence-electron chi connectivity index (χ4n) is 3.05. The van der Waals surface area contributed by atoms with Gasteiger partial charge in [-0.3, -0.25) is 4.99 Å². The van der Waals surface area contributed by atoms with Gasteiger partial charge in [0.1, 0.15) is 0 Å². The minimum atomic E-state index is 0. The van der Waals surface area contributed by atoms with Crippen LogP contribution in [-0.2, 0) is 11.2 Å². The maximum Gasteiger partial charge on any atom is 0.191 e. The van der Waals surface area contributed by atoms with E-state index in [2.05, 4.69) is 45.6 Å². The Labute approximate surface area is 161 Å². The van der Waals surface area contributed by atoms with Crippen molar-refractivity contribution in [3.05, 3.63) is 20.8 Å². The third-order valence-electron chi connectivity index (χ3n) is 4.03. The van der Waals surface area contributed by atoms with Gasteiger partial charge in [0.05, 0.1) is 22.0 Å². The van der Waals surface area contributed by atoms with Crippen molar-refractivity contribution in [1.82, 2.24) is 10.6 Å². The molecular weight excluding hydrogens is 477 g/mol. The van der Waals surface area contributed by atoms with Crippen LogP contribution in [-0.4, -0.2) is 37.3 Å². The Balaban J connectivity index is 0.00000176. The van der Waals surface area contributed by atoms with E-state index >= 15 is 0 Å². The molecule has 3 unspecified atom stereocenters. The van der Waals surface area contributed by atoms with Crippen LogP contribution < -0.4 is 10.6 Å². The molecule has 4 nitrogen and oxygen atoms in total. The Hall–Kier alpha value is 0.140. The summed E-state index contributed by atoms with van der Waals surface area (Å²) in [5.41, 5.74) is 0. The number of guanidine groups is 1. The van der Waals surface area contributed by atoms with Crippen molar-refractivity contribution in [3.63, 3.8) is 0 Å². The molecule has 0 spiro atoms. The lowest BCUT2D eigenvalue weighted by Gasteiger charge is -2.22. The highest BCUT2D eigenvalue weighted by atomic mass is 127. The van der Waals surface area contributed by atoms with E-state index in [9.17, 15) is 0 Å². The fraction of sp³-hybridized carbons (Fsp3) is 0.667. The number of halogens is 2. The molecule has 3 atom stereocenters. The third-order valence-corrected chi connectivity index (χ3v) is 5.71. The zero-order valence-corrected chi connectivity index (χ0v) is 17.4. The van der Waals surface area contributed by atoms with Crippen LogP contribution in [0.1, 0.15) is 31.1 Å². The van der Waals surface area contributed by atoms with Gasteiger partial charge in [0.2, 0.25) is 0 Å². The first-order valence-corrected chi connectivity index (χ1v) is 9.30. The average Bonchev–Trinajstić information content (AvgIpc) is 3.16. The van der Waals surface area contributed by atoms with Crippen LogP contribution in [0.25, 0.3) is 0 Å². The lowest BCUT2D eigenvalue weighted by molar-refractivity contribution is 0.0992. The number of fused-ring (bicyclic) bond motifs is 2. The van der Waals surface area contributed by atoms with Crippen LogP contribution >= 0.6 is 51.2 Å². The predicted octanol–water partition coefficient (Wildman–Crippen LogP) is 3.55. The summed E-state index contributed by atoms with van der Waals surface area (Å²) in [7, 11) is 0. The molecule has 2 fully saturated rings. The van der Waals surface area contributed by atoms with Crippen molar-refractivity contribution < 1.29 is 4.74 Å². The SMILES string of the molecule is CCNC(=NCCc1ccc(Br)s1)NC1CC2CCC1O2.I. The van der Waals surface area contributed by atoms with Gasteiger partial charge >= 0.3 is 0 Å². The largest absolute Gasteiger partial charge is 0.373 e. The number of thiophene rings is 1. The molecule has 1 aromatic heterocycles. The lowest BCUT2D eigenvalue weighted by atomic mass is 9.96. The molecule has 3 rings (SSSR count). The zero-order valence-electron chi connectivity index (χ0n) is 12.7. The second kappa shape index (κ2) is 8.84. The van der Waals surface area contributed by atoms with Gasteiger partial charge in [0, 0.05) is 24.4 Å². The Morgan fingerprint density at radius 3 is 2.91 bits per heavy atom. The third kappa shape index (κ3) is 4.82. The van der Waals surface area contributed by atoms with Crippen molar-refractivity contribution in [2.45, 2.75) is 50.9 Å². The molecule has 0 aromatic carbocycles. The molecule has 0 saturated carbocycles. The maximum absolute atomic E-state index is 5.89. The molecule has 0 amide bonds. The monoisotopic (exact) mass is 499 g/mol. The van der Waals surface area contributed by atoms with E-state index in [0.717, 1.165) is 31.9 Å². The van der Waals surface area contributed by atoms with Crippen molar-refractivity contribution >= 4 is 57.2 Å². The van der Waals surface area contributed by atoms with Crippen molar-refractivity contribution in [1.29, 1.82) is 0 Å². The van der Waals surface area contributed by atoms with E-state index in [1.54, 1.807) is 11.3 Å². The van der Waals surface area contributed by atoms with Gasteiger partial charge < -0.3 is 15.4 Å². The second-order valence-electron chi connectivity index (χ2n) is 5.58. The molecule has 1 aromatic rings. The predicted molar refractivity (Wildman–Crippen MR) is 107 cm³/mol. The summed E-state index contributed by atoms with van der Waals surface area (Å²) >= 11 is 5.28. The number of rotatable bonds is 5. The van der Waals surface area contributed by atoms with Gasteiger partial charge in [-0.05, 0) is 54.2 Å². The number of nitrogens with one attached hydrogen (secondary N) is 2. The number of nitrogens with zero attached hydrogens (tertiary/aromatic N) is 1. The molecule has 0 aliphatic carbocycles. The second-order valence-corrected chi connectivity index (χ2v) is 8.12. The van der Waals surface area contributed by atoms with Crippen molar-refractivity contribution in [3.8, 4) is 0 Å². The summed E-state index contributed by atoms with van der Waals surface area (Å²) < 4.78 is 7.08. The smallest absolute Gasteiger partial charge is 0.191 e. The van der Waals surface area contributed by atoms with Crippen LogP contribution in [0.15, 0.2) is 20.9 Å². The Morgan fingerprint density at radius 1 is 1.45 bits per heavy atom. The van der Waals surface area contributed by atoms with Gasteiger partial charge in [-0.1, -0.05) is 0 Å². The molecular formula is C15H23BrIN3OS. The summed E-state index contributed by atoms with van der Waals surface area (Å²) in [4.78, 5) is 6.06. The zero-order chi connectivity index (χ0) is 14.7. The molecule has 2 aliphatic heterocycles. The van der Waals surface area contributed by atoms with Crippen molar-refractivity contribution in [2.75, 3.05) is 13.1 Å². The Bertz CT molecular complexity index is 511. The van der Waals surface area contributed by atoms with Gasteiger partial charge in [0.15, 0.2) is 5.96 Å². The maximum atomic E-state index is 5.89. The normalized spacial score (nSPS) is 26.8. The molecule has 2 aliphatic rings. The Morgan fingerprint density at radius 2 is 2.32 bits per heavy atom. The lowest BCUT2D eigenvalue weighted by Crippen LogP contribution is -2.47. The van der Waals surface area contributed by atoms with E-state index in [0.29, 0.717) is 18.2 Å². The van der Waals surface area contributed by atoms with Crippen LogP contribution in [0.5, 0.6) is 0 Å². The minimum Gasteiger partial charge on any atom is -0.373 e. The molecule has 3 heterocycles. The highest BCUT2D eigenvalue weighted by Crippen LogP contribution is 2.34. The first-order valence-electron chi connectivity index (χ1n) is 7.69. The molecule has 2 saturated heterocycles. The van der Waals surface area contributed by atoms with Crippen molar-refractivity contribution in [2.24, 2.45) is 4.99 Å². The number of hydrogen-bond donors (Lipinski definition) is 2. The summed E-state index contributed by atoms with van der Waals surface area (Å²) in [6, 6.07) is 4.69. The van der Waals surface area contributed by atoms with E-state index in [4.69, 9.17) is 9.73 Å². The van der Waals surface area contributed by atoms with Crippen LogP contribution in [0.4, 0.5) is 0 Å². The Kier molecular flexibility index (Phi) is 7.43. The number of hydrogen-bond acceptors (Lipinski definition) is 3. The molecule has 22 heavy (non-hydrogen) atoms. The van der Waals surface area contributed by atoms with Gasteiger partial charge in [-0.2, -0.15) is 0 Å². The number of ether oxygens (including phenoxy) is 1. The molecule has 7 heteroatoms. The number of aliphatic imine (C=N–C) groups is 1. The minimum absolute atomic E-state index is 0. The van der Waals surface area contributed by atoms with Gasteiger partial charge in [-0.25, -0.2) is 0 Å².